The van der Waals surface area contributed by atoms with Gasteiger partial charge in [-0.05, 0) is 59.7 Å². The quantitative estimate of drug-likeness (QED) is 0.306. The van der Waals surface area contributed by atoms with Crippen LogP contribution in [0, 0.1) is 0 Å². The SMILES string of the molecule is COc1cc(-c2ccc(-n3c(=O)ccc4cc(S(=O)(=O)Nc5ccon5)ccc43)c(OC)c2)ccc1Cl. The lowest BCUT2D eigenvalue weighted by atomic mass is 10.0. The normalized spacial score (nSPS) is 11.4. The lowest BCUT2D eigenvalue weighted by Gasteiger charge is -2.16. The van der Waals surface area contributed by atoms with Crippen molar-refractivity contribution in [3.63, 3.8) is 0 Å². The zero-order valence-corrected chi connectivity index (χ0v) is 21.2. The summed E-state index contributed by atoms with van der Waals surface area (Å²) >= 11 is 6.16. The van der Waals surface area contributed by atoms with Gasteiger partial charge in [0, 0.05) is 17.5 Å². The van der Waals surface area contributed by atoms with Crippen LogP contribution in [-0.2, 0) is 10.0 Å². The van der Waals surface area contributed by atoms with Crippen molar-refractivity contribution in [1.29, 1.82) is 0 Å². The molecule has 0 atom stereocenters. The van der Waals surface area contributed by atoms with E-state index in [1.54, 1.807) is 31.4 Å². The summed E-state index contributed by atoms with van der Waals surface area (Å²) in [6, 6.07) is 19.7. The molecule has 37 heavy (non-hydrogen) atoms. The van der Waals surface area contributed by atoms with Gasteiger partial charge in [0.05, 0.1) is 35.3 Å². The highest BCUT2D eigenvalue weighted by Gasteiger charge is 2.18. The number of ether oxygens (including phenoxy) is 2. The lowest BCUT2D eigenvalue weighted by Crippen LogP contribution is -2.18. The molecule has 0 spiro atoms. The van der Waals surface area contributed by atoms with E-state index in [2.05, 4.69) is 14.4 Å². The maximum Gasteiger partial charge on any atom is 0.263 e. The van der Waals surface area contributed by atoms with Gasteiger partial charge in [-0.2, -0.15) is 0 Å². The van der Waals surface area contributed by atoms with Gasteiger partial charge in [0.25, 0.3) is 15.6 Å². The van der Waals surface area contributed by atoms with Gasteiger partial charge in [-0.15, -0.1) is 0 Å². The average molecular weight is 538 g/mol. The van der Waals surface area contributed by atoms with Crippen LogP contribution in [0.15, 0.2) is 93.3 Å². The third kappa shape index (κ3) is 4.64. The van der Waals surface area contributed by atoms with Crippen LogP contribution in [0.4, 0.5) is 5.82 Å². The van der Waals surface area contributed by atoms with E-state index >= 15 is 0 Å². The Morgan fingerprint density at radius 1 is 0.892 bits per heavy atom. The predicted octanol–water partition coefficient (Wildman–Crippen LogP) is 5.12. The fraction of sp³-hybridized carbons (Fsp3) is 0.0769. The fourth-order valence-corrected chi connectivity index (χ4v) is 5.21. The molecule has 188 valence electrons. The minimum absolute atomic E-state index is 0.00666. The minimum Gasteiger partial charge on any atom is -0.495 e. The lowest BCUT2D eigenvalue weighted by molar-refractivity contribution is 0.413. The van der Waals surface area contributed by atoms with Gasteiger partial charge in [0.2, 0.25) is 0 Å². The molecule has 0 amide bonds. The molecule has 0 fully saturated rings. The van der Waals surface area contributed by atoms with Crippen molar-refractivity contribution in [2.45, 2.75) is 4.90 Å². The second-order valence-corrected chi connectivity index (χ2v) is 10.0. The summed E-state index contributed by atoms with van der Waals surface area (Å²) in [4.78, 5) is 13.0. The Morgan fingerprint density at radius 3 is 2.32 bits per heavy atom. The van der Waals surface area contributed by atoms with E-state index in [4.69, 9.17) is 21.1 Å². The Morgan fingerprint density at radius 2 is 1.62 bits per heavy atom. The number of benzene rings is 3. The van der Waals surface area contributed by atoms with Crippen LogP contribution in [0.2, 0.25) is 5.02 Å². The fourth-order valence-electron chi connectivity index (χ4n) is 3.98. The molecule has 9 nitrogen and oxygen atoms in total. The summed E-state index contributed by atoms with van der Waals surface area (Å²) in [7, 11) is -0.865. The van der Waals surface area contributed by atoms with Crippen LogP contribution in [0.1, 0.15) is 0 Å². The van der Waals surface area contributed by atoms with Crippen molar-refractivity contribution in [2.24, 2.45) is 0 Å². The van der Waals surface area contributed by atoms with Crippen LogP contribution in [0.3, 0.4) is 0 Å². The minimum atomic E-state index is -3.92. The Bertz CT molecular complexity index is 1780. The van der Waals surface area contributed by atoms with Crippen molar-refractivity contribution >= 4 is 38.3 Å². The van der Waals surface area contributed by atoms with E-state index in [0.29, 0.717) is 33.1 Å². The van der Waals surface area contributed by atoms with Crippen molar-refractivity contribution < 1.29 is 22.4 Å². The number of anilines is 1. The number of pyridine rings is 1. The van der Waals surface area contributed by atoms with Crippen LogP contribution in [0.25, 0.3) is 27.7 Å². The first-order valence-corrected chi connectivity index (χ1v) is 12.8. The largest absolute Gasteiger partial charge is 0.495 e. The molecule has 2 aromatic heterocycles. The Kier molecular flexibility index (Phi) is 6.36. The van der Waals surface area contributed by atoms with E-state index < -0.39 is 10.0 Å². The van der Waals surface area contributed by atoms with E-state index in [1.165, 1.54) is 42.2 Å². The number of hydrogen-bond donors (Lipinski definition) is 1. The molecular formula is C26H20ClN3O6S. The maximum absolute atomic E-state index is 13.0. The first-order chi connectivity index (χ1) is 17.8. The van der Waals surface area contributed by atoms with Gasteiger partial charge in [-0.1, -0.05) is 28.9 Å². The second-order valence-electron chi connectivity index (χ2n) is 7.95. The predicted molar refractivity (Wildman–Crippen MR) is 140 cm³/mol. The number of nitrogens with one attached hydrogen (secondary N) is 1. The average Bonchev–Trinajstić information content (AvgIpc) is 3.41. The van der Waals surface area contributed by atoms with Crippen LogP contribution in [-0.4, -0.2) is 32.4 Å². The number of fused-ring (bicyclic) bond motifs is 1. The standard InChI is InChI=1S/C26H20ClN3O6S/c1-34-23-14-16(3-7-20(23)27)17-4-8-22(24(15-17)35-2)30-21-9-6-19(13-18(21)5-10-26(30)31)37(32,33)29-25-11-12-36-28-25/h3-15H,1-2H3,(H,28,29). The molecule has 5 rings (SSSR count). The zero-order valence-electron chi connectivity index (χ0n) is 19.6. The summed E-state index contributed by atoms with van der Waals surface area (Å²) in [6.07, 6.45) is 1.26. The van der Waals surface area contributed by atoms with Gasteiger partial charge < -0.3 is 14.0 Å². The van der Waals surface area contributed by atoms with Crippen LogP contribution < -0.4 is 19.8 Å². The molecule has 0 radical (unpaired) electrons. The van der Waals surface area contributed by atoms with Crippen molar-refractivity contribution in [3.05, 3.63) is 94.4 Å². The molecule has 0 bridgehead atoms. The first kappa shape index (κ1) is 24.4. The molecular weight excluding hydrogens is 518 g/mol. The second kappa shape index (κ2) is 9.64. The Balaban J connectivity index is 1.60. The topological polar surface area (TPSA) is 113 Å². The molecule has 11 heteroatoms. The van der Waals surface area contributed by atoms with Crippen molar-refractivity contribution in [3.8, 4) is 28.3 Å². The van der Waals surface area contributed by atoms with E-state index in [-0.39, 0.29) is 16.3 Å². The summed E-state index contributed by atoms with van der Waals surface area (Å²) in [6.45, 7) is 0. The highest BCUT2D eigenvalue weighted by atomic mass is 35.5. The molecule has 0 unspecified atom stereocenters. The summed E-state index contributed by atoms with van der Waals surface area (Å²) < 4.78 is 45.1. The Hall–Kier alpha value is -4.28. The van der Waals surface area contributed by atoms with Crippen LogP contribution >= 0.6 is 11.6 Å². The number of hydrogen-bond acceptors (Lipinski definition) is 7. The maximum atomic E-state index is 13.0. The highest BCUT2D eigenvalue weighted by Crippen LogP contribution is 2.34. The van der Waals surface area contributed by atoms with E-state index in [9.17, 15) is 13.2 Å². The summed E-state index contributed by atoms with van der Waals surface area (Å²) in [5, 5.41) is 4.61. The number of nitrogens with zero attached hydrogens (tertiary/aromatic N) is 2. The molecule has 0 aliphatic rings. The number of halogens is 1. The first-order valence-electron chi connectivity index (χ1n) is 10.9. The highest BCUT2D eigenvalue weighted by molar-refractivity contribution is 7.92. The smallest absolute Gasteiger partial charge is 0.263 e. The third-order valence-electron chi connectivity index (χ3n) is 5.76. The summed E-state index contributed by atoms with van der Waals surface area (Å²) in [5.74, 6) is 1.05. The molecule has 1 N–H and O–H groups in total. The zero-order chi connectivity index (χ0) is 26.2. The van der Waals surface area contributed by atoms with Gasteiger partial charge in [-0.3, -0.25) is 14.1 Å². The number of sulfonamides is 1. The molecule has 2 heterocycles. The van der Waals surface area contributed by atoms with Crippen molar-refractivity contribution in [1.82, 2.24) is 9.72 Å². The molecule has 0 aliphatic heterocycles. The number of aromatic nitrogens is 2. The van der Waals surface area contributed by atoms with Crippen molar-refractivity contribution in [2.75, 3.05) is 18.9 Å². The van der Waals surface area contributed by atoms with E-state index in [0.717, 1.165) is 11.1 Å². The number of rotatable bonds is 7. The van der Waals surface area contributed by atoms with Gasteiger partial charge in [0.15, 0.2) is 5.82 Å². The van der Waals surface area contributed by atoms with Gasteiger partial charge >= 0.3 is 0 Å². The van der Waals surface area contributed by atoms with Gasteiger partial charge in [0.1, 0.15) is 17.8 Å². The monoisotopic (exact) mass is 537 g/mol. The third-order valence-corrected chi connectivity index (χ3v) is 7.42. The van der Waals surface area contributed by atoms with Gasteiger partial charge in [-0.25, -0.2) is 8.42 Å². The summed E-state index contributed by atoms with van der Waals surface area (Å²) in [5.41, 5.74) is 2.39. The Labute approximate surface area is 216 Å². The molecule has 5 aromatic rings. The van der Waals surface area contributed by atoms with E-state index in [1.807, 2.05) is 24.3 Å². The molecule has 3 aromatic carbocycles. The molecule has 0 aliphatic carbocycles. The van der Waals surface area contributed by atoms with Crippen LogP contribution in [0.5, 0.6) is 11.5 Å². The molecule has 0 saturated carbocycles. The number of methoxy groups -OCH3 is 2. The molecule has 0 saturated heterocycles.